The summed E-state index contributed by atoms with van der Waals surface area (Å²) in [6, 6.07) is 4.73. The fourth-order valence-electron chi connectivity index (χ4n) is 2.83. The fourth-order valence-corrected chi connectivity index (χ4v) is 3.18. The zero-order valence-corrected chi connectivity index (χ0v) is 15.0. The van der Waals surface area contributed by atoms with Gasteiger partial charge in [-0.05, 0) is 50.1 Å². The van der Waals surface area contributed by atoms with Gasteiger partial charge in [-0.25, -0.2) is 0 Å². The number of rotatable bonds is 10. The highest BCUT2D eigenvalue weighted by Crippen LogP contribution is 2.29. The summed E-state index contributed by atoms with van der Waals surface area (Å²) in [7, 11) is 2.04. The molecule has 0 aliphatic rings. The molecule has 0 bridgehead atoms. The Labute approximate surface area is 136 Å². The summed E-state index contributed by atoms with van der Waals surface area (Å²) in [5, 5.41) is 4.34. The number of aryl methyl sites for hydroxylation is 2. The molecule has 1 nitrogen and oxygen atoms in total. The molecule has 0 saturated heterocycles. The van der Waals surface area contributed by atoms with E-state index in [-0.39, 0.29) is 0 Å². The van der Waals surface area contributed by atoms with Crippen LogP contribution in [0, 0.1) is 13.8 Å². The quantitative estimate of drug-likeness (QED) is 0.496. The van der Waals surface area contributed by atoms with E-state index in [1.54, 1.807) is 0 Å². The van der Waals surface area contributed by atoms with E-state index >= 15 is 0 Å². The average molecular weight is 310 g/mol. The highest BCUT2D eigenvalue weighted by atomic mass is 35.5. The highest BCUT2D eigenvalue weighted by molar-refractivity contribution is 6.31. The van der Waals surface area contributed by atoms with Crippen molar-refractivity contribution in [3.8, 4) is 0 Å². The van der Waals surface area contributed by atoms with Gasteiger partial charge in [-0.1, -0.05) is 69.5 Å². The standard InChI is InChI=1S/C19H32ClN/c1-5-6-7-8-9-10-11-12-19(21-4)17-13-15(2)16(3)14-18(17)20/h13-14,19,21H,5-12H2,1-4H3. The average Bonchev–Trinajstić information content (AvgIpc) is 2.46. The van der Waals surface area contributed by atoms with Crippen LogP contribution < -0.4 is 5.32 Å². The topological polar surface area (TPSA) is 12.0 Å². The Kier molecular flexibility index (Phi) is 9.03. The normalized spacial score (nSPS) is 12.6. The SMILES string of the molecule is CCCCCCCCCC(NC)c1cc(C)c(C)cc1Cl. The van der Waals surface area contributed by atoms with E-state index in [0.29, 0.717) is 6.04 Å². The van der Waals surface area contributed by atoms with Crippen molar-refractivity contribution in [2.24, 2.45) is 0 Å². The van der Waals surface area contributed by atoms with Gasteiger partial charge >= 0.3 is 0 Å². The van der Waals surface area contributed by atoms with Crippen LogP contribution in [-0.2, 0) is 0 Å². The second kappa shape index (κ2) is 10.2. The van der Waals surface area contributed by atoms with Gasteiger partial charge in [-0.15, -0.1) is 0 Å². The summed E-state index contributed by atoms with van der Waals surface area (Å²) < 4.78 is 0. The third-order valence-electron chi connectivity index (χ3n) is 4.43. The van der Waals surface area contributed by atoms with Gasteiger partial charge in [0.25, 0.3) is 0 Å². The van der Waals surface area contributed by atoms with Crippen LogP contribution in [0.5, 0.6) is 0 Å². The van der Waals surface area contributed by atoms with Crippen LogP contribution in [0.2, 0.25) is 5.02 Å². The van der Waals surface area contributed by atoms with E-state index in [1.165, 1.54) is 68.1 Å². The molecule has 0 aliphatic heterocycles. The second-order valence-electron chi connectivity index (χ2n) is 6.21. The van der Waals surface area contributed by atoms with Crippen LogP contribution in [0.1, 0.15) is 81.0 Å². The number of hydrogen-bond acceptors (Lipinski definition) is 1. The van der Waals surface area contributed by atoms with E-state index in [0.717, 1.165) is 5.02 Å². The van der Waals surface area contributed by atoms with Gasteiger partial charge in [0.05, 0.1) is 0 Å². The van der Waals surface area contributed by atoms with Crippen molar-refractivity contribution in [2.75, 3.05) is 7.05 Å². The summed E-state index contributed by atoms with van der Waals surface area (Å²) in [6.45, 7) is 6.55. The maximum absolute atomic E-state index is 6.43. The molecule has 21 heavy (non-hydrogen) atoms. The molecular formula is C19H32ClN. The minimum Gasteiger partial charge on any atom is -0.313 e. The molecule has 1 N–H and O–H groups in total. The van der Waals surface area contributed by atoms with Crippen LogP contribution in [0.15, 0.2) is 12.1 Å². The summed E-state index contributed by atoms with van der Waals surface area (Å²) >= 11 is 6.43. The molecule has 1 atom stereocenters. The lowest BCUT2D eigenvalue weighted by molar-refractivity contribution is 0.496. The van der Waals surface area contributed by atoms with Gasteiger partial charge in [0.15, 0.2) is 0 Å². The van der Waals surface area contributed by atoms with Gasteiger partial charge < -0.3 is 5.32 Å². The molecule has 0 saturated carbocycles. The molecule has 0 aliphatic carbocycles. The van der Waals surface area contributed by atoms with Crippen molar-refractivity contribution in [3.63, 3.8) is 0 Å². The van der Waals surface area contributed by atoms with Crippen LogP contribution in [0.25, 0.3) is 0 Å². The Morgan fingerprint density at radius 1 is 0.952 bits per heavy atom. The Balaban J connectivity index is 2.43. The summed E-state index contributed by atoms with van der Waals surface area (Å²) in [4.78, 5) is 0. The van der Waals surface area contributed by atoms with Gasteiger partial charge in [-0.2, -0.15) is 0 Å². The molecule has 2 heteroatoms. The highest BCUT2D eigenvalue weighted by Gasteiger charge is 2.13. The molecule has 1 aromatic rings. The zero-order chi connectivity index (χ0) is 15.7. The first-order valence-corrected chi connectivity index (χ1v) is 8.91. The molecule has 1 rings (SSSR count). The van der Waals surface area contributed by atoms with E-state index in [9.17, 15) is 0 Å². The lowest BCUT2D eigenvalue weighted by Gasteiger charge is -2.19. The van der Waals surface area contributed by atoms with Crippen molar-refractivity contribution in [1.29, 1.82) is 0 Å². The molecule has 1 unspecified atom stereocenters. The first-order valence-electron chi connectivity index (χ1n) is 8.54. The van der Waals surface area contributed by atoms with E-state index in [1.807, 2.05) is 7.05 Å². The van der Waals surface area contributed by atoms with Crippen molar-refractivity contribution < 1.29 is 0 Å². The lowest BCUT2D eigenvalue weighted by Crippen LogP contribution is -2.17. The van der Waals surface area contributed by atoms with Gasteiger partial charge in [-0.3, -0.25) is 0 Å². The van der Waals surface area contributed by atoms with Crippen molar-refractivity contribution >= 4 is 11.6 Å². The predicted molar refractivity (Wildman–Crippen MR) is 95.3 cm³/mol. The van der Waals surface area contributed by atoms with Crippen LogP contribution in [0.3, 0.4) is 0 Å². The summed E-state index contributed by atoms with van der Waals surface area (Å²) in [6.07, 6.45) is 10.7. The van der Waals surface area contributed by atoms with E-state index in [2.05, 4.69) is 38.2 Å². The molecule has 0 fully saturated rings. The minimum atomic E-state index is 0.382. The maximum atomic E-state index is 6.43. The molecule has 0 amide bonds. The van der Waals surface area contributed by atoms with Crippen molar-refractivity contribution in [3.05, 3.63) is 33.8 Å². The number of hydrogen-bond donors (Lipinski definition) is 1. The third-order valence-corrected chi connectivity index (χ3v) is 4.76. The monoisotopic (exact) mass is 309 g/mol. The maximum Gasteiger partial charge on any atom is 0.0456 e. The number of nitrogens with one attached hydrogen (secondary N) is 1. The van der Waals surface area contributed by atoms with Gasteiger partial charge in [0, 0.05) is 11.1 Å². The molecule has 0 aromatic heterocycles. The first-order chi connectivity index (χ1) is 10.1. The second-order valence-corrected chi connectivity index (χ2v) is 6.62. The molecule has 120 valence electrons. The summed E-state index contributed by atoms with van der Waals surface area (Å²) in [5.74, 6) is 0. The fraction of sp³-hybridized carbons (Fsp3) is 0.684. The molecule has 0 heterocycles. The smallest absolute Gasteiger partial charge is 0.0456 e. The molecule has 0 radical (unpaired) electrons. The van der Waals surface area contributed by atoms with Crippen molar-refractivity contribution in [1.82, 2.24) is 5.32 Å². The zero-order valence-electron chi connectivity index (χ0n) is 14.3. The summed E-state index contributed by atoms with van der Waals surface area (Å²) in [5.41, 5.74) is 3.86. The molecule has 1 aromatic carbocycles. The van der Waals surface area contributed by atoms with E-state index < -0.39 is 0 Å². The predicted octanol–water partition coefficient (Wildman–Crippen LogP) is 6.36. The Morgan fingerprint density at radius 2 is 1.52 bits per heavy atom. The largest absolute Gasteiger partial charge is 0.313 e. The van der Waals surface area contributed by atoms with Crippen molar-refractivity contribution in [2.45, 2.75) is 78.2 Å². The van der Waals surface area contributed by atoms with Crippen LogP contribution >= 0.6 is 11.6 Å². The van der Waals surface area contributed by atoms with E-state index in [4.69, 9.17) is 11.6 Å². The Hall–Kier alpha value is -0.530. The van der Waals surface area contributed by atoms with Gasteiger partial charge in [0.1, 0.15) is 0 Å². The van der Waals surface area contributed by atoms with Crippen LogP contribution in [-0.4, -0.2) is 7.05 Å². The molecular weight excluding hydrogens is 278 g/mol. The molecule has 0 spiro atoms. The third kappa shape index (κ3) is 6.40. The number of unbranched alkanes of at least 4 members (excludes halogenated alkanes) is 6. The number of benzene rings is 1. The van der Waals surface area contributed by atoms with Crippen LogP contribution in [0.4, 0.5) is 0 Å². The Bertz CT molecular complexity index is 414. The first kappa shape index (κ1) is 18.5. The minimum absolute atomic E-state index is 0.382. The number of halogens is 1. The Morgan fingerprint density at radius 3 is 2.14 bits per heavy atom. The van der Waals surface area contributed by atoms with Gasteiger partial charge in [0.2, 0.25) is 0 Å². The lowest BCUT2D eigenvalue weighted by atomic mass is 9.96.